The molecule has 0 unspecified atom stereocenters. The zero-order valence-electron chi connectivity index (χ0n) is 21.6. The van der Waals surface area contributed by atoms with Crippen LogP contribution in [-0.4, -0.2) is 28.0 Å². The number of hydrogen-bond donors (Lipinski definition) is 0. The predicted molar refractivity (Wildman–Crippen MR) is 148 cm³/mol. The Morgan fingerprint density at radius 2 is 1.34 bits per heavy atom. The van der Waals surface area contributed by atoms with E-state index in [1.807, 2.05) is 12.1 Å². The average Bonchev–Trinajstić information content (AvgIpc) is 2.88. The summed E-state index contributed by atoms with van der Waals surface area (Å²) in [5, 5.41) is 2.51. The molecule has 0 N–H and O–H groups in total. The van der Waals surface area contributed by atoms with E-state index >= 15 is 0 Å². The van der Waals surface area contributed by atoms with E-state index in [9.17, 15) is 4.79 Å². The van der Waals surface area contributed by atoms with E-state index in [4.69, 9.17) is 9.16 Å². The molecule has 0 saturated carbocycles. The van der Waals surface area contributed by atoms with Crippen molar-refractivity contribution in [1.29, 1.82) is 0 Å². The highest BCUT2D eigenvalue weighted by atomic mass is 28.4. The van der Waals surface area contributed by atoms with Gasteiger partial charge in [0.25, 0.3) is 8.32 Å². The van der Waals surface area contributed by atoms with Gasteiger partial charge in [-0.25, -0.2) is 4.79 Å². The van der Waals surface area contributed by atoms with Crippen molar-refractivity contribution >= 4 is 24.7 Å². The van der Waals surface area contributed by atoms with Crippen LogP contribution in [0.1, 0.15) is 45.6 Å². The molecular formula is C31H38O3Si. The molecule has 0 bridgehead atoms. The minimum Gasteiger partial charge on any atom is -0.466 e. The third-order valence-electron chi connectivity index (χ3n) is 6.76. The summed E-state index contributed by atoms with van der Waals surface area (Å²) in [5.74, 6) is 0.0433. The van der Waals surface area contributed by atoms with Crippen molar-refractivity contribution in [2.75, 3.05) is 13.7 Å². The van der Waals surface area contributed by atoms with E-state index in [0.717, 1.165) is 6.42 Å². The Morgan fingerprint density at radius 1 is 0.857 bits per heavy atom. The quantitative estimate of drug-likeness (QED) is 0.197. The molecule has 0 spiro atoms. The molecule has 0 aliphatic rings. The molecule has 0 fully saturated rings. The predicted octanol–water partition coefficient (Wildman–Crippen LogP) is 6.10. The number of hydrogen-bond acceptors (Lipinski definition) is 3. The van der Waals surface area contributed by atoms with Crippen LogP contribution in [0, 0.1) is 5.92 Å². The van der Waals surface area contributed by atoms with Crippen molar-refractivity contribution in [3.8, 4) is 0 Å². The molecule has 35 heavy (non-hydrogen) atoms. The van der Waals surface area contributed by atoms with Gasteiger partial charge in [-0.15, -0.1) is 0 Å². The van der Waals surface area contributed by atoms with Crippen molar-refractivity contribution in [2.24, 2.45) is 5.92 Å². The van der Waals surface area contributed by atoms with Crippen LogP contribution in [0.15, 0.2) is 103 Å². The van der Waals surface area contributed by atoms with Gasteiger partial charge in [0.2, 0.25) is 0 Å². The maximum Gasteiger partial charge on any atom is 0.330 e. The lowest BCUT2D eigenvalue weighted by Crippen LogP contribution is -2.66. The summed E-state index contributed by atoms with van der Waals surface area (Å²) in [7, 11) is -1.18. The van der Waals surface area contributed by atoms with Gasteiger partial charge in [0.1, 0.15) is 0 Å². The molecule has 0 aliphatic carbocycles. The van der Waals surface area contributed by atoms with Crippen LogP contribution < -0.4 is 10.4 Å². The first kappa shape index (κ1) is 26.6. The van der Waals surface area contributed by atoms with Crippen LogP contribution in [0.3, 0.4) is 0 Å². The number of allylic oxidation sites excluding steroid dienone is 1. The van der Waals surface area contributed by atoms with E-state index in [0.29, 0.717) is 6.61 Å². The molecule has 3 aromatic rings. The average molecular weight is 487 g/mol. The summed E-state index contributed by atoms with van der Waals surface area (Å²) in [6.45, 7) is 9.68. The lowest BCUT2D eigenvalue weighted by atomic mass is 9.84. The Kier molecular flexibility index (Phi) is 9.24. The molecule has 0 amide bonds. The SMILES string of the molecule is COC(=O)/C=C/[C@H](C)[C@@H](CCO[Si](c1ccccc1)(c1ccccc1)C(C)(C)C)c1ccccc1. The maximum absolute atomic E-state index is 11.7. The topological polar surface area (TPSA) is 35.5 Å². The number of benzene rings is 3. The lowest BCUT2D eigenvalue weighted by Gasteiger charge is -2.43. The van der Waals surface area contributed by atoms with E-state index in [2.05, 4.69) is 113 Å². The molecule has 0 heterocycles. The number of carbonyl (C=O) groups is 1. The smallest absolute Gasteiger partial charge is 0.330 e. The number of esters is 1. The van der Waals surface area contributed by atoms with Crippen molar-refractivity contribution in [1.82, 2.24) is 0 Å². The fourth-order valence-electron chi connectivity index (χ4n) is 4.97. The first-order valence-electron chi connectivity index (χ1n) is 12.4. The fraction of sp³-hybridized carbons (Fsp3) is 0.323. The van der Waals surface area contributed by atoms with Gasteiger partial charge in [0, 0.05) is 12.7 Å². The van der Waals surface area contributed by atoms with Crippen LogP contribution in [0.5, 0.6) is 0 Å². The summed E-state index contributed by atoms with van der Waals surface area (Å²) >= 11 is 0. The van der Waals surface area contributed by atoms with Crippen molar-refractivity contribution in [2.45, 2.75) is 45.1 Å². The molecule has 0 saturated heterocycles. The first-order valence-corrected chi connectivity index (χ1v) is 14.3. The molecule has 3 aromatic carbocycles. The van der Waals surface area contributed by atoms with Gasteiger partial charge in [-0.2, -0.15) is 0 Å². The van der Waals surface area contributed by atoms with Crippen LogP contribution in [0.2, 0.25) is 5.04 Å². The van der Waals surface area contributed by atoms with Crippen molar-refractivity contribution < 1.29 is 14.0 Å². The summed E-state index contributed by atoms with van der Waals surface area (Å²) in [4.78, 5) is 11.7. The Bertz CT molecular complexity index is 1030. The van der Waals surface area contributed by atoms with E-state index < -0.39 is 8.32 Å². The second kappa shape index (κ2) is 12.1. The Hall–Kier alpha value is -2.95. The molecule has 0 aliphatic heterocycles. The van der Waals surface area contributed by atoms with Gasteiger partial charge in [-0.05, 0) is 39.2 Å². The third kappa shape index (κ3) is 6.39. The second-order valence-electron chi connectivity index (χ2n) is 10.1. The van der Waals surface area contributed by atoms with Crippen molar-refractivity contribution in [3.63, 3.8) is 0 Å². The fourth-order valence-corrected chi connectivity index (χ4v) is 9.55. The zero-order valence-corrected chi connectivity index (χ0v) is 22.6. The highest BCUT2D eigenvalue weighted by Gasteiger charge is 2.50. The number of ether oxygens (including phenoxy) is 1. The lowest BCUT2D eigenvalue weighted by molar-refractivity contribution is -0.134. The monoisotopic (exact) mass is 486 g/mol. The summed E-state index contributed by atoms with van der Waals surface area (Å²) < 4.78 is 11.9. The molecule has 184 valence electrons. The number of carbonyl (C=O) groups excluding carboxylic acids is 1. The minimum absolute atomic E-state index is 0.0612. The third-order valence-corrected chi connectivity index (χ3v) is 11.8. The Balaban J connectivity index is 1.94. The highest BCUT2D eigenvalue weighted by Crippen LogP contribution is 2.38. The van der Waals surface area contributed by atoms with E-state index in [1.54, 1.807) is 0 Å². The Morgan fingerprint density at radius 3 is 1.80 bits per heavy atom. The minimum atomic E-state index is -2.59. The second-order valence-corrected chi connectivity index (χ2v) is 14.4. The molecule has 0 aromatic heterocycles. The normalized spacial score (nSPS) is 14.0. The molecule has 2 atom stereocenters. The summed E-state index contributed by atoms with van der Waals surface area (Å²) in [5.41, 5.74) is 1.25. The van der Waals surface area contributed by atoms with Crippen LogP contribution >= 0.6 is 0 Å². The van der Waals surface area contributed by atoms with Gasteiger partial charge in [-0.1, -0.05) is 125 Å². The number of rotatable bonds is 10. The molecular weight excluding hydrogens is 448 g/mol. The zero-order chi connectivity index (χ0) is 25.3. The van der Waals surface area contributed by atoms with Gasteiger partial charge in [0.15, 0.2) is 0 Å². The molecule has 4 heteroatoms. The largest absolute Gasteiger partial charge is 0.466 e. The van der Waals surface area contributed by atoms with Gasteiger partial charge >= 0.3 is 5.97 Å². The van der Waals surface area contributed by atoms with Crippen molar-refractivity contribution in [3.05, 3.63) is 109 Å². The maximum atomic E-state index is 11.7. The molecule has 0 radical (unpaired) electrons. The summed E-state index contributed by atoms with van der Waals surface area (Å²) in [6.07, 6.45) is 4.33. The van der Waals surface area contributed by atoms with Crippen LogP contribution in [0.25, 0.3) is 0 Å². The van der Waals surface area contributed by atoms with E-state index in [-0.39, 0.29) is 22.8 Å². The first-order chi connectivity index (χ1) is 16.8. The van der Waals surface area contributed by atoms with Gasteiger partial charge in [0.05, 0.1) is 7.11 Å². The van der Waals surface area contributed by atoms with E-state index in [1.165, 1.54) is 29.1 Å². The molecule has 3 nitrogen and oxygen atoms in total. The van der Waals surface area contributed by atoms with Crippen LogP contribution in [0.4, 0.5) is 0 Å². The van der Waals surface area contributed by atoms with Gasteiger partial charge < -0.3 is 9.16 Å². The summed E-state index contributed by atoms with van der Waals surface area (Å²) in [6, 6.07) is 32.0. The van der Waals surface area contributed by atoms with Crippen LogP contribution in [-0.2, 0) is 14.0 Å². The van der Waals surface area contributed by atoms with Gasteiger partial charge in [-0.3, -0.25) is 0 Å². The Labute approximate surface area is 211 Å². The number of methoxy groups -OCH3 is 1. The standard InChI is InChI=1S/C31H38O3Si/c1-25(21-22-30(32)33-5)29(26-15-9-6-10-16-26)23-24-34-35(31(2,3)4,27-17-11-7-12-18-27)28-19-13-8-14-20-28/h6-22,25,29H,23-24H2,1-5H3/b22-21+/t25-,29+/m0/s1. The molecule has 3 rings (SSSR count). The highest BCUT2D eigenvalue weighted by molar-refractivity contribution is 6.99.